The standard InChI is InChI=1S/C49H75N2O3P.2BrH/c1-8-9-10-11-12-13-14-15-16-26-34-51(39-43(52)40-54-47(53)41(2)3,42-37-48(4,5)50-49(6,7)38-42)35-27-36-55(44-28-20-17-21-29-44,45-30-22-18-23-31-45)46-32-24-19-25-33-46;;/h17-25,28-33,42-43,50,52H,2,8-16,26-27,34-40H2,1,3-7H3;2*1H/q+2;;/p-2. The molecule has 318 valence electrons. The van der Waals surface area contributed by atoms with Crippen LogP contribution in [0.1, 0.15) is 125 Å². The quantitative estimate of drug-likeness (QED) is 0.0472. The summed E-state index contributed by atoms with van der Waals surface area (Å²) in [5, 5.41) is 20.0. The summed E-state index contributed by atoms with van der Waals surface area (Å²) in [5.41, 5.74) is 0.281. The number of piperidine rings is 1. The molecule has 4 rings (SSSR count). The van der Waals surface area contributed by atoms with Gasteiger partial charge in [-0.05, 0) is 83.9 Å². The molecule has 1 aliphatic rings. The molecule has 5 nitrogen and oxygen atoms in total. The molecule has 0 saturated carbocycles. The summed E-state index contributed by atoms with van der Waals surface area (Å²) in [4.78, 5) is 12.5. The minimum Gasteiger partial charge on any atom is -1.00 e. The van der Waals surface area contributed by atoms with Crippen molar-refractivity contribution >= 4 is 29.1 Å². The van der Waals surface area contributed by atoms with Gasteiger partial charge in [0.15, 0.2) is 0 Å². The maximum Gasteiger partial charge on any atom is 0.333 e. The van der Waals surface area contributed by atoms with Gasteiger partial charge in [-0.3, -0.25) is 0 Å². The molecule has 0 radical (unpaired) electrons. The topological polar surface area (TPSA) is 58.6 Å². The molecular formula is C49H75Br2N2O3P. The van der Waals surface area contributed by atoms with Crippen molar-refractivity contribution < 1.29 is 53.1 Å². The summed E-state index contributed by atoms with van der Waals surface area (Å²) in [5.74, 6) is -0.431. The van der Waals surface area contributed by atoms with Gasteiger partial charge >= 0.3 is 5.97 Å². The van der Waals surface area contributed by atoms with Crippen molar-refractivity contribution in [3.8, 4) is 0 Å². The second-order valence-corrected chi connectivity index (χ2v) is 21.5. The SMILES string of the molecule is C=C(C)C(=O)OCC(O)C[N+](CCCCCCCCCCCC)(CCC[P+](c1ccccc1)(c1ccccc1)c1ccccc1)C1CC(C)(C)NC(C)(C)C1.[Br-].[Br-]. The van der Waals surface area contributed by atoms with Crippen molar-refractivity contribution in [2.75, 3.05) is 32.4 Å². The van der Waals surface area contributed by atoms with Gasteiger partial charge in [0.05, 0.1) is 25.3 Å². The lowest BCUT2D eigenvalue weighted by Crippen LogP contribution is -3.00. The fourth-order valence-corrected chi connectivity index (χ4v) is 14.0. The Balaban J connectivity index is 0.00000561. The Kier molecular flexibility index (Phi) is 22.5. The zero-order valence-corrected chi connectivity index (χ0v) is 40.2. The van der Waals surface area contributed by atoms with Crippen LogP contribution >= 0.6 is 7.26 Å². The van der Waals surface area contributed by atoms with Crippen LogP contribution in [0.25, 0.3) is 0 Å². The fraction of sp³-hybridized carbons (Fsp3) is 0.571. The number of nitrogens with zero attached hydrogens (tertiary/aromatic N) is 1. The van der Waals surface area contributed by atoms with Crippen LogP contribution in [-0.2, 0) is 9.53 Å². The largest absolute Gasteiger partial charge is 1.00 e. The summed E-state index contributed by atoms with van der Waals surface area (Å²) < 4.78 is 6.46. The van der Waals surface area contributed by atoms with E-state index in [4.69, 9.17) is 4.74 Å². The number of esters is 1. The van der Waals surface area contributed by atoms with E-state index in [1.165, 1.54) is 73.7 Å². The zero-order valence-electron chi connectivity index (χ0n) is 36.2. The number of ether oxygens (including phenoxy) is 1. The van der Waals surface area contributed by atoms with Crippen LogP contribution < -0.4 is 55.2 Å². The molecule has 1 heterocycles. The van der Waals surface area contributed by atoms with Gasteiger partial charge in [-0.1, -0.05) is 119 Å². The molecule has 1 aliphatic heterocycles. The van der Waals surface area contributed by atoms with Crippen LogP contribution in [-0.4, -0.2) is 71.2 Å². The molecule has 1 saturated heterocycles. The van der Waals surface area contributed by atoms with Crippen LogP contribution in [0.15, 0.2) is 103 Å². The summed E-state index contributed by atoms with van der Waals surface area (Å²) in [6.45, 7) is 19.7. The van der Waals surface area contributed by atoms with Crippen molar-refractivity contribution in [1.29, 1.82) is 0 Å². The van der Waals surface area contributed by atoms with Gasteiger partial charge in [0.25, 0.3) is 0 Å². The van der Waals surface area contributed by atoms with Crippen LogP contribution in [0, 0.1) is 0 Å². The molecule has 1 fully saturated rings. The molecule has 0 spiro atoms. The number of nitrogens with one attached hydrogen (secondary N) is 1. The highest BCUT2D eigenvalue weighted by molar-refractivity contribution is 7.95. The van der Waals surface area contributed by atoms with Gasteiger partial charge < -0.3 is 53.6 Å². The van der Waals surface area contributed by atoms with E-state index in [9.17, 15) is 9.90 Å². The summed E-state index contributed by atoms with van der Waals surface area (Å²) in [7, 11) is -2.02. The average Bonchev–Trinajstić information content (AvgIpc) is 3.16. The summed E-state index contributed by atoms with van der Waals surface area (Å²) >= 11 is 0. The number of hydrogen-bond donors (Lipinski definition) is 2. The van der Waals surface area contributed by atoms with Crippen molar-refractivity contribution in [3.63, 3.8) is 0 Å². The van der Waals surface area contributed by atoms with Gasteiger partial charge in [0.1, 0.15) is 42.4 Å². The van der Waals surface area contributed by atoms with Gasteiger partial charge in [0.2, 0.25) is 0 Å². The lowest BCUT2D eigenvalue weighted by molar-refractivity contribution is -0.956. The number of quaternary nitrogens is 1. The number of unbranched alkanes of at least 4 members (excludes halogenated alkanes) is 9. The summed E-state index contributed by atoms with van der Waals surface area (Å²) in [6, 6.07) is 34.0. The molecule has 0 amide bonds. The molecule has 0 aromatic heterocycles. The Bertz CT molecular complexity index is 1460. The lowest BCUT2D eigenvalue weighted by atomic mass is 9.77. The molecule has 2 unspecified atom stereocenters. The smallest absolute Gasteiger partial charge is 0.333 e. The molecule has 2 N–H and O–H groups in total. The molecule has 0 aliphatic carbocycles. The Labute approximate surface area is 369 Å². The molecule has 0 bridgehead atoms. The average molecular weight is 931 g/mol. The summed E-state index contributed by atoms with van der Waals surface area (Å²) in [6.07, 6.45) is 16.3. The van der Waals surface area contributed by atoms with Crippen LogP contribution in [0.4, 0.5) is 0 Å². The van der Waals surface area contributed by atoms with Gasteiger partial charge in [0, 0.05) is 35.9 Å². The normalized spacial score (nSPS) is 16.7. The van der Waals surface area contributed by atoms with Crippen molar-refractivity contribution in [2.45, 2.75) is 148 Å². The monoisotopic (exact) mass is 928 g/mol. The zero-order chi connectivity index (χ0) is 39.8. The third-order valence-corrected chi connectivity index (χ3v) is 16.4. The molecule has 3 aromatic carbocycles. The Morgan fingerprint density at radius 2 is 1.14 bits per heavy atom. The highest BCUT2D eigenvalue weighted by Crippen LogP contribution is 2.56. The van der Waals surface area contributed by atoms with E-state index in [0.717, 1.165) is 49.4 Å². The van der Waals surface area contributed by atoms with Gasteiger partial charge in [-0.2, -0.15) is 0 Å². The number of rotatable bonds is 24. The van der Waals surface area contributed by atoms with E-state index in [0.29, 0.717) is 18.2 Å². The van der Waals surface area contributed by atoms with Crippen LogP contribution in [0.5, 0.6) is 0 Å². The van der Waals surface area contributed by atoms with Crippen molar-refractivity contribution in [3.05, 3.63) is 103 Å². The first kappa shape index (κ1) is 51.3. The maximum absolute atomic E-state index is 12.5. The van der Waals surface area contributed by atoms with E-state index in [-0.39, 0.29) is 51.6 Å². The van der Waals surface area contributed by atoms with Crippen molar-refractivity contribution in [2.24, 2.45) is 0 Å². The third-order valence-electron chi connectivity index (χ3n) is 11.9. The number of benzene rings is 3. The van der Waals surface area contributed by atoms with E-state index in [1.807, 2.05) is 0 Å². The first-order valence-electron chi connectivity index (χ1n) is 21.5. The molecule has 8 heteroatoms. The van der Waals surface area contributed by atoms with Gasteiger partial charge in [-0.15, -0.1) is 0 Å². The Morgan fingerprint density at radius 3 is 1.56 bits per heavy atom. The minimum atomic E-state index is -2.02. The van der Waals surface area contributed by atoms with Gasteiger partial charge in [-0.25, -0.2) is 4.79 Å². The van der Waals surface area contributed by atoms with E-state index in [2.05, 4.69) is 138 Å². The fourth-order valence-electron chi connectivity index (χ4n) is 9.65. The first-order valence-corrected chi connectivity index (χ1v) is 23.5. The number of halogens is 2. The number of carbonyl (C=O) groups is 1. The highest BCUT2D eigenvalue weighted by atomic mass is 79.9. The second kappa shape index (κ2) is 25.0. The number of hydrogen-bond acceptors (Lipinski definition) is 4. The maximum atomic E-state index is 12.5. The lowest BCUT2D eigenvalue weighted by Gasteiger charge is -2.55. The van der Waals surface area contributed by atoms with E-state index < -0.39 is 19.3 Å². The minimum absolute atomic E-state index is 0. The number of aliphatic hydroxyl groups excluding tert-OH is 1. The number of aliphatic hydroxyl groups is 1. The van der Waals surface area contributed by atoms with E-state index >= 15 is 0 Å². The molecule has 57 heavy (non-hydrogen) atoms. The Morgan fingerprint density at radius 1 is 0.737 bits per heavy atom. The predicted octanol–water partition coefficient (Wildman–Crippen LogP) is 3.91. The van der Waals surface area contributed by atoms with E-state index in [1.54, 1.807) is 6.92 Å². The molecular weight excluding hydrogens is 855 g/mol. The van der Waals surface area contributed by atoms with Crippen molar-refractivity contribution in [1.82, 2.24) is 5.32 Å². The Hall–Kier alpha value is -1.86. The molecule has 2 atom stereocenters. The van der Waals surface area contributed by atoms with Crippen LogP contribution in [0.3, 0.4) is 0 Å². The third kappa shape index (κ3) is 15.6. The predicted molar refractivity (Wildman–Crippen MR) is 237 cm³/mol. The van der Waals surface area contributed by atoms with Crippen LogP contribution in [0.2, 0.25) is 0 Å². The second-order valence-electron chi connectivity index (χ2n) is 17.9. The number of carbonyl (C=O) groups excluding carboxylic acids is 1. The molecule has 3 aromatic rings. The highest BCUT2D eigenvalue weighted by Gasteiger charge is 2.50. The first-order chi connectivity index (χ1) is 26.3.